The first kappa shape index (κ1) is 12.8. The molecule has 0 bridgehead atoms. The van der Waals surface area contributed by atoms with Crippen molar-refractivity contribution in [3.05, 3.63) is 0 Å². The van der Waals surface area contributed by atoms with Crippen molar-refractivity contribution in [3.8, 4) is 0 Å². The molecule has 2 rings (SSSR count). The molecule has 1 aliphatic heterocycles. The molecule has 0 aromatic rings. The SMILES string of the molecule is CC1CCC(O)(CNC(=O)[C@H]2CCCN2)CC1. The van der Waals surface area contributed by atoms with E-state index in [1.807, 2.05) is 0 Å². The van der Waals surface area contributed by atoms with Crippen molar-refractivity contribution in [3.63, 3.8) is 0 Å². The number of hydrogen-bond donors (Lipinski definition) is 3. The van der Waals surface area contributed by atoms with Crippen molar-refractivity contribution in [2.75, 3.05) is 13.1 Å². The van der Waals surface area contributed by atoms with Crippen LogP contribution in [0.25, 0.3) is 0 Å². The summed E-state index contributed by atoms with van der Waals surface area (Å²) in [6.45, 7) is 3.57. The second kappa shape index (κ2) is 5.36. The molecular formula is C13H24N2O2. The van der Waals surface area contributed by atoms with E-state index in [4.69, 9.17) is 0 Å². The van der Waals surface area contributed by atoms with Gasteiger partial charge in [0.05, 0.1) is 11.6 Å². The third-order valence-electron chi connectivity index (χ3n) is 4.17. The first-order chi connectivity index (χ1) is 8.09. The van der Waals surface area contributed by atoms with Crippen LogP contribution in [0.4, 0.5) is 0 Å². The molecule has 1 heterocycles. The van der Waals surface area contributed by atoms with Crippen LogP contribution in [0.1, 0.15) is 45.4 Å². The summed E-state index contributed by atoms with van der Waals surface area (Å²) in [5.74, 6) is 0.761. The Morgan fingerprint density at radius 2 is 2.12 bits per heavy atom. The van der Waals surface area contributed by atoms with Crippen LogP contribution in [0, 0.1) is 5.92 Å². The average molecular weight is 240 g/mol. The smallest absolute Gasteiger partial charge is 0.237 e. The fourth-order valence-electron chi connectivity index (χ4n) is 2.76. The van der Waals surface area contributed by atoms with Gasteiger partial charge in [0.2, 0.25) is 5.91 Å². The van der Waals surface area contributed by atoms with Gasteiger partial charge in [-0.2, -0.15) is 0 Å². The van der Waals surface area contributed by atoms with E-state index in [-0.39, 0.29) is 11.9 Å². The molecule has 1 atom stereocenters. The number of aliphatic hydroxyl groups is 1. The summed E-state index contributed by atoms with van der Waals surface area (Å²) < 4.78 is 0. The van der Waals surface area contributed by atoms with E-state index < -0.39 is 5.60 Å². The zero-order valence-electron chi connectivity index (χ0n) is 10.7. The summed E-state index contributed by atoms with van der Waals surface area (Å²) in [7, 11) is 0. The maximum Gasteiger partial charge on any atom is 0.237 e. The van der Waals surface area contributed by atoms with Crippen molar-refractivity contribution in [1.29, 1.82) is 0 Å². The van der Waals surface area contributed by atoms with E-state index in [0.29, 0.717) is 12.5 Å². The molecule has 0 aromatic heterocycles. The summed E-state index contributed by atoms with van der Waals surface area (Å²) >= 11 is 0. The maximum atomic E-state index is 11.8. The summed E-state index contributed by atoms with van der Waals surface area (Å²) in [6, 6.07) is -0.0406. The van der Waals surface area contributed by atoms with Crippen molar-refractivity contribution < 1.29 is 9.90 Å². The monoisotopic (exact) mass is 240 g/mol. The fourth-order valence-corrected chi connectivity index (χ4v) is 2.76. The second-order valence-corrected chi connectivity index (χ2v) is 5.77. The van der Waals surface area contributed by atoms with Crippen molar-refractivity contribution in [1.82, 2.24) is 10.6 Å². The van der Waals surface area contributed by atoms with Crippen LogP contribution in [0.3, 0.4) is 0 Å². The molecule has 3 N–H and O–H groups in total. The van der Waals surface area contributed by atoms with Gasteiger partial charge in [-0.1, -0.05) is 6.92 Å². The van der Waals surface area contributed by atoms with Gasteiger partial charge in [0, 0.05) is 6.54 Å². The Kier molecular flexibility index (Phi) is 4.05. The number of hydrogen-bond acceptors (Lipinski definition) is 3. The van der Waals surface area contributed by atoms with Gasteiger partial charge in [-0.3, -0.25) is 4.79 Å². The van der Waals surface area contributed by atoms with E-state index >= 15 is 0 Å². The van der Waals surface area contributed by atoms with Crippen LogP contribution in [0.15, 0.2) is 0 Å². The molecule has 4 nitrogen and oxygen atoms in total. The standard InChI is InChI=1S/C13H24N2O2/c1-10-4-6-13(17,7-5-10)9-15-12(16)11-3-2-8-14-11/h10-11,14,17H,2-9H2,1H3,(H,15,16)/t10?,11-,13?/m1/s1. The quantitative estimate of drug-likeness (QED) is 0.683. The Hall–Kier alpha value is -0.610. The molecule has 17 heavy (non-hydrogen) atoms. The predicted molar refractivity (Wildman–Crippen MR) is 66.6 cm³/mol. The van der Waals surface area contributed by atoms with Gasteiger partial charge < -0.3 is 15.7 Å². The van der Waals surface area contributed by atoms with Gasteiger partial charge in [-0.05, 0) is 51.0 Å². The van der Waals surface area contributed by atoms with Crippen LogP contribution in [-0.4, -0.2) is 35.7 Å². The summed E-state index contributed by atoms with van der Waals surface area (Å²) in [4.78, 5) is 11.8. The van der Waals surface area contributed by atoms with Crippen molar-refractivity contribution in [2.45, 2.75) is 57.1 Å². The number of nitrogens with one attached hydrogen (secondary N) is 2. The minimum Gasteiger partial charge on any atom is -0.388 e. The fraction of sp³-hybridized carbons (Fsp3) is 0.923. The van der Waals surface area contributed by atoms with Crippen LogP contribution >= 0.6 is 0 Å². The number of amides is 1. The minimum atomic E-state index is -0.666. The number of carbonyl (C=O) groups is 1. The molecule has 1 amide bonds. The first-order valence-electron chi connectivity index (χ1n) is 6.82. The Labute approximate surface area is 103 Å². The highest BCUT2D eigenvalue weighted by Crippen LogP contribution is 2.31. The predicted octanol–water partition coefficient (Wildman–Crippen LogP) is 0.796. The largest absolute Gasteiger partial charge is 0.388 e. The van der Waals surface area contributed by atoms with Crippen LogP contribution < -0.4 is 10.6 Å². The van der Waals surface area contributed by atoms with E-state index in [2.05, 4.69) is 17.6 Å². The number of rotatable bonds is 3. The molecule has 4 heteroatoms. The Balaban J connectivity index is 1.75. The molecule has 0 unspecified atom stereocenters. The van der Waals surface area contributed by atoms with Gasteiger partial charge >= 0.3 is 0 Å². The van der Waals surface area contributed by atoms with Gasteiger partial charge in [0.25, 0.3) is 0 Å². The highest BCUT2D eigenvalue weighted by Gasteiger charge is 2.33. The third-order valence-corrected chi connectivity index (χ3v) is 4.17. The second-order valence-electron chi connectivity index (χ2n) is 5.77. The van der Waals surface area contributed by atoms with Crippen LogP contribution in [0.2, 0.25) is 0 Å². The lowest BCUT2D eigenvalue weighted by Gasteiger charge is -2.35. The highest BCUT2D eigenvalue weighted by molar-refractivity contribution is 5.82. The van der Waals surface area contributed by atoms with Gasteiger partial charge in [-0.15, -0.1) is 0 Å². The Bertz CT molecular complexity index is 267. The van der Waals surface area contributed by atoms with E-state index in [9.17, 15) is 9.90 Å². The van der Waals surface area contributed by atoms with Gasteiger partial charge in [-0.25, -0.2) is 0 Å². The lowest BCUT2D eigenvalue weighted by Crippen LogP contribution is -2.49. The zero-order chi connectivity index (χ0) is 12.3. The summed E-state index contributed by atoms with van der Waals surface area (Å²) in [5, 5.41) is 16.4. The molecule has 98 valence electrons. The molecule has 0 aromatic carbocycles. The van der Waals surface area contributed by atoms with Crippen molar-refractivity contribution >= 4 is 5.91 Å². The van der Waals surface area contributed by atoms with Gasteiger partial charge in [0.15, 0.2) is 0 Å². The maximum absolute atomic E-state index is 11.8. The molecule has 1 saturated carbocycles. The molecule has 2 aliphatic rings. The molecule has 1 aliphatic carbocycles. The Morgan fingerprint density at radius 3 is 2.71 bits per heavy atom. The van der Waals surface area contributed by atoms with Crippen LogP contribution in [-0.2, 0) is 4.79 Å². The van der Waals surface area contributed by atoms with E-state index in [1.165, 1.54) is 0 Å². The Morgan fingerprint density at radius 1 is 1.41 bits per heavy atom. The topological polar surface area (TPSA) is 61.4 Å². The number of carbonyl (C=O) groups excluding carboxylic acids is 1. The molecule has 0 radical (unpaired) electrons. The highest BCUT2D eigenvalue weighted by atomic mass is 16.3. The molecule has 2 fully saturated rings. The summed E-state index contributed by atoms with van der Waals surface area (Å²) in [6.07, 6.45) is 5.74. The lowest BCUT2D eigenvalue weighted by atomic mass is 9.79. The minimum absolute atomic E-state index is 0.0406. The van der Waals surface area contributed by atoms with E-state index in [1.54, 1.807) is 0 Å². The van der Waals surface area contributed by atoms with Crippen molar-refractivity contribution in [2.24, 2.45) is 5.92 Å². The lowest BCUT2D eigenvalue weighted by molar-refractivity contribution is -0.124. The zero-order valence-corrected chi connectivity index (χ0v) is 10.7. The van der Waals surface area contributed by atoms with E-state index in [0.717, 1.165) is 45.1 Å². The molecular weight excluding hydrogens is 216 g/mol. The third kappa shape index (κ3) is 3.42. The van der Waals surface area contributed by atoms with Crippen LogP contribution in [0.5, 0.6) is 0 Å². The molecule has 0 spiro atoms. The van der Waals surface area contributed by atoms with Gasteiger partial charge in [0.1, 0.15) is 0 Å². The first-order valence-corrected chi connectivity index (χ1v) is 6.82. The normalized spacial score (nSPS) is 38.0. The average Bonchev–Trinajstić information content (AvgIpc) is 2.84. The summed E-state index contributed by atoms with van der Waals surface area (Å²) in [5.41, 5.74) is -0.666. The molecule has 1 saturated heterocycles.